The van der Waals surface area contributed by atoms with E-state index in [1.807, 2.05) is 39.0 Å². The summed E-state index contributed by atoms with van der Waals surface area (Å²) in [5.74, 6) is 0.353. The van der Waals surface area contributed by atoms with Crippen LogP contribution < -0.4 is 5.32 Å². The molecule has 2 nitrogen and oxygen atoms in total. The molecule has 0 amide bonds. The molecular formula is C13H19NO. The van der Waals surface area contributed by atoms with E-state index >= 15 is 0 Å². The highest BCUT2D eigenvalue weighted by Gasteiger charge is 2.11. The van der Waals surface area contributed by atoms with Gasteiger partial charge in [0.2, 0.25) is 0 Å². The summed E-state index contributed by atoms with van der Waals surface area (Å²) in [6.07, 6.45) is 1.85. The van der Waals surface area contributed by atoms with Crippen molar-refractivity contribution >= 4 is 0 Å². The normalized spacial score (nSPS) is 14.6. The van der Waals surface area contributed by atoms with E-state index in [4.69, 9.17) is 0 Å². The molecule has 0 saturated carbocycles. The van der Waals surface area contributed by atoms with Crippen molar-refractivity contribution in [2.75, 3.05) is 0 Å². The predicted octanol–water partition coefficient (Wildman–Crippen LogP) is 2.93. The first-order valence-corrected chi connectivity index (χ1v) is 5.22. The van der Waals surface area contributed by atoms with Crippen LogP contribution in [0.4, 0.5) is 0 Å². The number of nitrogens with one attached hydrogen (secondary N) is 1. The van der Waals surface area contributed by atoms with Crippen LogP contribution >= 0.6 is 0 Å². The number of rotatable bonds is 4. The standard InChI is InChI=1S/C13H19NO/c1-5-10(3)14-11(4)12-7-6-9(2)8-13(12)15/h5-8,10-11,14-15H,1H2,2-4H3. The molecule has 2 heteroatoms. The van der Waals surface area contributed by atoms with E-state index in [2.05, 4.69) is 11.9 Å². The molecule has 0 heterocycles. The van der Waals surface area contributed by atoms with Crippen molar-refractivity contribution in [2.24, 2.45) is 0 Å². The van der Waals surface area contributed by atoms with Crippen LogP contribution in [0.1, 0.15) is 31.0 Å². The van der Waals surface area contributed by atoms with E-state index in [0.717, 1.165) is 11.1 Å². The SMILES string of the molecule is C=CC(C)NC(C)c1ccc(C)cc1O. The molecule has 0 aliphatic rings. The molecule has 1 rings (SSSR count). The third-order valence-corrected chi connectivity index (χ3v) is 2.52. The summed E-state index contributed by atoms with van der Waals surface area (Å²) in [7, 11) is 0. The molecule has 82 valence electrons. The maximum absolute atomic E-state index is 9.78. The number of benzene rings is 1. The Balaban J connectivity index is 2.81. The van der Waals surface area contributed by atoms with E-state index in [0.29, 0.717) is 5.75 Å². The van der Waals surface area contributed by atoms with Crippen molar-refractivity contribution in [3.05, 3.63) is 42.0 Å². The molecule has 0 aliphatic carbocycles. The topological polar surface area (TPSA) is 32.3 Å². The number of phenols is 1. The van der Waals surface area contributed by atoms with Crippen molar-refractivity contribution in [3.63, 3.8) is 0 Å². The van der Waals surface area contributed by atoms with Crippen LogP contribution in [-0.4, -0.2) is 11.1 Å². The van der Waals surface area contributed by atoms with Crippen molar-refractivity contribution in [2.45, 2.75) is 32.9 Å². The summed E-state index contributed by atoms with van der Waals surface area (Å²) in [4.78, 5) is 0. The lowest BCUT2D eigenvalue weighted by Gasteiger charge is -2.18. The van der Waals surface area contributed by atoms with Crippen molar-refractivity contribution in [3.8, 4) is 5.75 Å². The number of aryl methyl sites for hydroxylation is 1. The number of phenolic OH excluding ortho intramolecular Hbond substituents is 1. The zero-order valence-electron chi connectivity index (χ0n) is 9.62. The zero-order chi connectivity index (χ0) is 11.4. The van der Waals surface area contributed by atoms with Crippen molar-refractivity contribution < 1.29 is 5.11 Å². The summed E-state index contributed by atoms with van der Waals surface area (Å²) in [6, 6.07) is 6.11. The van der Waals surface area contributed by atoms with Gasteiger partial charge >= 0.3 is 0 Å². The average molecular weight is 205 g/mol. The fourth-order valence-corrected chi connectivity index (χ4v) is 1.57. The average Bonchev–Trinajstić information content (AvgIpc) is 2.17. The highest BCUT2D eigenvalue weighted by atomic mass is 16.3. The molecule has 0 aliphatic heterocycles. The first-order valence-electron chi connectivity index (χ1n) is 5.22. The molecular weight excluding hydrogens is 186 g/mol. The highest BCUT2D eigenvalue weighted by Crippen LogP contribution is 2.25. The van der Waals surface area contributed by atoms with Gasteiger partial charge in [-0.05, 0) is 32.4 Å². The molecule has 2 unspecified atom stereocenters. The number of hydrogen-bond donors (Lipinski definition) is 2. The molecule has 2 N–H and O–H groups in total. The smallest absolute Gasteiger partial charge is 0.120 e. The van der Waals surface area contributed by atoms with Gasteiger partial charge in [-0.15, -0.1) is 6.58 Å². The minimum absolute atomic E-state index is 0.124. The monoisotopic (exact) mass is 205 g/mol. The maximum atomic E-state index is 9.78. The molecule has 0 aromatic heterocycles. The second kappa shape index (κ2) is 4.99. The maximum Gasteiger partial charge on any atom is 0.120 e. The van der Waals surface area contributed by atoms with Gasteiger partial charge in [0.25, 0.3) is 0 Å². The highest BCUT2D eigenvalue weighted by molar-refractivity contribution is 5.37. The molecule has 2 atom stereocenters. The Morgan fingerprint density at radius 1 is 1.40 bits per heavy atom. The van der Waals surface area contributed by atoms with Gasteiger partial charge in [0, 0.05) is 17.6 Å². The lowest BCUT2D eigenvalue weighted by molar-refractivity contribution is 0.447. The Morgan fingerprint density at radius 2 is 2.07 bits per heavy atom. The quantitative estimate of drug-likeness (QED) is 0.741. The predicted molar refractivity (Wildman–Crippen MR) is 64.1 cm³/mol. The summed E-state index contributed by atoms with van der Waals surface area (Å²) in [5, 5.41) is 13.1. The Kier molecular flexibility index (Phi) is 3.92. The van der Waals surface area contributed by atoms with Gasteiger partial charge in [-0.1, -0.05) is 18.2 Å². The van der Waals surface area contributed by atoms with Crippen LogP contribution in [0, 0.1) is 6.92 Å². The lowest BCUT2D eigenvalue weighted by atomic mass is 10.0. The van der Waals surface area contributed by atoms with Gasteiger partial charge in [0.05, 0.1) is 0 Å². The van der Waals surface area contributed by atoms with Crippen LogP contribution in [0.2, 0.25) is 0 Å². The molecule has 0 saturated heterocycles. The van der Waals surface area contributed by atoms with Crippen LogP contribution in [0.25, 0.3) is 0 Å². The second-order valence-electron chi connectivity index (χ2n) is 3.98. The Hall–Kier alpha value is -1.28. The van der Waals surface area contributed by atoms with Gasteiger partial charge in [-0.2, -0.15) is 0 Å². The first kappa shape index (κ1) is 11.8. The zero-order valence-corrected chi connectivity index (χ0v) is 9.62. The Labute approximate surface area is 91.6 Å². The largest absolute Gasteiger partial charge is 0.508 e. The third kappa shape index (κ3) is 3.10. The molecule has 1 aromatic carbocycles. The third-order valence-electron chi connectivity index (χ3n) is 2.52. The fourth-order valence-electron chi connectivity index (χ4n) is 1.57. The van der Waals surface area contributed by atoms with E-state index in [9.17, 15) is 5.11 Å². The number of hydrogen-bond acceptors (Lipinski definition) is 2. The van der Waals surface area contributed by atoms with Crippen molar-refractivity contribution in [1.82, 2.24) is 5.32 Å². The minimum Gasteiger partial charge on any atom is -0.508 e. The second-order valence-corrected chi connectivity index (χ2v) is 3.98. The summed E-state index contributed by atoms with van der Waals surface area (Å²) in [6.45, 7) is 9.75. The molecule has 15 heavy (non-hydrogen) atoms. The molecule has 0 radical (unpaired) electrons. The molecule has 0 spiro atoms. The Morgan fingerprint density at radius 3 is 2.60 bits per heavy atom. The summed E-state index contributed by atoms with van der Waals surface area (Å²) in [5.41, 5.74) is 1.99. The lowest BCUT2D eigenvalue weighted by Crippen LogP contribution is -2.26. The molecule has 1 aromatic rings. The van der Waals surface area contributed by atoms with Crippen molar-refractivity contribution in [1.29, 1.82) is 0 Å². The van der Waals surface area contributed by atoms with Gasteiger partial charge in [0.1, 0.15) is 5.75 Å². The van der Waals surface area contributed by atoms with Gasteiger partial charge in [-0.25, -0.2) is 0 Å². The summed E-state index contributed by atoms with van der Waals surface area (Å²) >= 11 is 0. The van der Waals surface area contributed by atoms with Gasteiger partial charge in [-0.3, -0.25) is 0 Å². The van der Waals surface area contributed by atoms with Crippen LogP contribution in [-0.2, 0) is 0 Å². The van der Waals surface area contributed by atoms with E-state index in [1.165, 1.54) is 0 Å². The fraction of sp³-hybridized carbons (Fsp3) is 0.385. The van der Waals surface area contributed by atoms with E-state index in [1.54, 1.807) is 6.07 Å². The van der Waals surface area contributed by atoms with E-state index < -0.39 is 0 Å². The van der Waals surface area contributed by atoms with Gasteiger partial charge < -0.3 is 10.4 Å². The van der Waals surface area contributed by atoms with Crippen LogP contribution in [0.5, 0.6) is 5.75 Å². The Bertz CT molecular complexity index is 346. The van der Waals surface area contributed by atoms with Gasteiger partial charge in [0.15, 0.2) is 0 Å². The minimum atomic E-state index is 0.124. The number of aromatic hydroxyl groups is 1. The molecule has 0 bridgehead atoms. The molecule has 0 fully saturated rings. The van der Waals surface area contributed by atoms with Crippen LogP contribution in [0.3, 0.4) is 0 Å². The summed E-state index contributed by atoms with van der Waals surface area (Å²) < 4.78 is 0. The van der Waals surface area contributed by atoms with E-state index in [-0.39, 0.29) is 12.1 Å². The van der Waals surface area contributed by atoms with Crippen LogP contribution in [0.15, 0.2) is 30.9 Å². The first-order chi connectivity index (χ1) is 7.04.